The fourth-order valence-electron chi connectivity index (χ4n) is 4.97. The molecule has 1 saturated heterocycles. The van der Waals surface area contributed by atoms with Gasteiger partial charge in [-0.25, -0.2) is 0 Å². The summed E-state index contributed by atoms with van der Waals surface area (Å²) in [5, 5.41) is 3.35. The molecule has 1 N–H and O–H groups in total. The second kappa shape index (κ2) is 7.48. The molecule has 0 spiro atoms. The monoisotopic (exact) mass is 424 g/mol. The number of rotatable bonds is 5. The van der Waals surface area contributed by atoms with E-state index in [0.717, 1.165) is 39.9 Å². The fourth-order valence-corrected chi connectivity index (χ4v) is 4.97. The van der Waals surface area contributed by atoms with Crippen molar-refractivity contribution in [2.75, 3.05) is 18.4 Å². The van der Waals surface area contributed by atoms with Crippen LogP contribution in [0.25, 0.3) is 22.2 Å². The quantitative estimate of drug-likeness (QED) is 0.500. The van der Waals surface area contributed by atoms with E-state index < -0.39 is 0 Å². The van der Waals surface area contributed by atoms with Crippen molar-refractivity contribution in [2.24, 2.45) is 11.8 Å². The molecule has 160 valence electrons. The van der Waals surface area contributed by atoms with Crippen molar-refractivity contribution in [3.63, 3.8) is 0 Å². The number of para-hydroxylation sites is 2. The van der Waals surface area contributed by atoms with E-state index in [1.54, 1.807) is 6.20 Å². The zero-order chi connectivity index (χ0) is 21.7. The molecule has 4 aromatic rings. The lowest BCUT2D eigenvalue weighted by molar-refractivity contribution is 0.0715. The van der Waals surface area contributed by atoms with Crippen LogP contribution in [0.2, 0.25) is 0 Å². The average molecular weight is 425 g/mol. The maximum absolute atomic E-state index is 13.8. The van der Waals surface area contributed by atoms with Gasteiger partial charge in [0.25, 0.3) is 11.9 Å². The van der Waals surface area contributed by atoms with Crippen molar-refractivity contribution in [3.05, 3.63) is 78.1 Å². The number of aromatic nitrogens is 2. The standard InChI is InChI=1S/C26H24N4O2/c1-16-8-9-19(17-5-4-10-27-13-17)21(11-16)25(31)30-15-18-12-20(18)23(30)14-28-26-29-22-6-2-3-7-24(22)32-26/h2-11,13,18,20,23H,12,14-15H2,1H3,(H,28,29). The Morgan fingerprint density at radius 1 is 1.19 bits per heavy atom. The Balaban J connectivity index is 1.26. The van der Waals surface area contributed by atoms with E-state index in [1.807, 2.05) is 72.6 Å². The maximum Gasteiger partial charge on any atom is 0.295 e. The van der Waals surface area contributed by atoms with E-state index in [0.29, 0.717) is 24.4 Å². The summed E-state index contributed by atoms with van der Waals surface area (Å²) < 4.78 is 5.82. The van der Waals surface area contributed by atoms with Crippen LogP contribution in [0.5, 0.6) is 0 Å². The Hall–Kier alpha value is -3.67. The van der Waals surface area contributed by atoms with Crippen LogP contribution in [-0.2, 0) is 0 Å². The molecule has 1 amide bonds. The molecule has 6 rings (SSSR count). The van der Waals surface area contributed by atoms with E-state index in [-0.39, 0.29) is 11.9 Å². The normalized spacial score (nSPS) is 21.5. The molecule has 3 unspecified atom stereocenters. The Bertz CT molecular complexity index is 1270. The van der Waals surface area contributed by atoms with E-state index in [9.17, 15) is 4.79 Å². The number of oxazole rings is 1. The maximum atomic E-state index is 13.8. The third kappa shape index (κ3) is 3.32. The van der Waals surface area contributed by atoms with Crippen LogP contribution in [0.4, 0.5) is 6.01 Å². The molecule has 3 heterocycles. The predicted molar refractivity (Wildman–Crippen MR) is 123 cm³/mol. The number of nitrogens with one attached hydrogen (secondary N) is 1. The number of amides is 1. The van der Waals surface area contributed by atoms with Gasteiger partial charge in [0, 0.05) is 36.6 Å². The van der Waals surface area contributed by atoms with E-state index in [4.69, 9.17) is 4.42 Å². The van der Waals surface area contributed by atoms with Crippen LogP contribution in [0.1, 0.15) is 22.3 Å². The van der Waals surface area contributed by atoms with Gasteiger partial charge in [-0.05, 0) is 55.0 Å². The summed E-state index contributed by atoms with van der Waals surface area (Å²) in [4.78, 5) is 24.6. The molecule has 32 heavy (non-hydrogen) atoms. The zero-order valence-corrected chi connectivity index (χ0v) is 17.9. The zero-order valence-electron chi connectivity index (χ0n) is 17.9. The third-order valence-electron chi connectivity index (χ3n) is 6.70. The smallest absolute Gasteiger partial charge is 0.295 e. The molecule has 1 aliphatic carbocycles. The number of aryl methyl sites for hydroxylation is 1. The molecule has 2 aromatic heterocycles. The molecule has 0 bridgehead atoms. The van der Waals surface area contributed by atoms with Crippen molar-refractivity contribution < 1.29 is 9.21 Å². The highest BCUT2D eigenvalue weighted by Gasteiger charge is 2.54. The first-order valence-corrected chi connectivity index (χ1v) is 11.1. The molecule has 0 radical (unpaired) electrons. The van der Waals surface area contributed by atoms with Crippen molar-refractivity contribution in [1.29, 1.82) is 0 Å². The summed E-state index contributed by atoms with van der Waals surface area (Å²) in [6.07, 6.45) is 4.75. The van der Waals surface area contributed by atoms with Crippen LogP contribution < -0.4 is 5.32 Å². The molecule has 2 aromatic carbocycles. The lowest BCUT2D eigenvalue weighted by atomic mass is 9.97. The van der Waals surface area contributed by atoms with Crippen LogP contribution in [0.3, 0.4) is 0 Å². The second-order valence-electron chi connectivity index (χ2n) is 8.84. The van der Waals surface area contributed by atoms with Crippen LogP contribution in [0.15, 0.2) is 71.4 Å². The first-order chi connectivity index (χ1) is 15.7. The molecule has 1 aliphatic heterocycles. The van der Waals surface area contributed by atoms with Gasteiger partial charge < -0.3 is 14.6 Å². The summed E-state index contributed by atoms with van der Waals surface area (Å²) in [5.41, 5.74) is 5.30. The van der Waals surface area contributed by atoms with Gasteiger partial charge in [0.05, 0.1) is 6.04 Å². The van der Waals surface area contributed by atoms with Gasteiger partial charge in [0.1, 0.15) is 5.52 Å². The van der Waals surface area contributed by atoms with Gasteiger partial charge in [-0.15, -0.1) is 0 Å². The topological polar surface area (TPSA) is 71.3 Å². The van der Waals surface area contributed by atoms with Crippen molar-refractivity contribution in [2.45, 2.75) is 19.4 Å². The Morgan fingerprint density at radius 2 is 2.09 bits per heavy atom. The lowest BCUT2D eigenvalue weighted by Gasteiger charge is -2.28. The van der Waals surface area contributed by atoms with Crippen molar-refractivity contribution in [1.82, 2.24) is 14.9 Å². The van der Waals surface area contributed by atoms with Crippen LogP contribution in [0, 0.1) is 18.8 Å². The van der Waals surface area contributed by atoms with Crippen molar-refractivity contribution >= 4 is 23.0 Å². The fraction of sp³-hybridized carbons (Fsp3) is 0.269. The minimum Gasteiger partial charge on any atom is -0.424 e. The first kappa shape index (κ1) is 19.0. The average Bonchev–Trinajstić information content (AvgIpc) is 3.31. The van der Waals surface area contributed by atoms with Gasteiger partial charge in [0.2, 0.25) is 0 Å². The summed E-state index contributed by atoms with van der Waals surface area (Å²) >= 11 is 0. The number of pyridine rings is 1. The first-order valence-electron chi connectivity index (χ1n) is 11.1. The Labute approximate surface area is 186 Å². The number of nitrogens with zero attached hydrogens (tertiary/aromatic N) is 3. The molecule has 3 atom stereocenters. The number of carbonyl (C=O) groups excluding carboxylic acids is 1. The summed E-state index contributed by atoms with van der Waals surface area (Å²) in [6.45, 7) is 3.47. The third-order valence-corrected chi connectivity index (χ3v) is 6.70. The molecule has 6 heteroatoms. The number of anilines is 1. The second-order valence-corrected chi connectivity index (χ2v) is 8.84. The highest BCUT2D eigenvalue weighted by Crippen LogP contribution is 2.50. The summed E-state index contributed by atoms with van der Waals surface area (Å²) in [7, 11) is 0. The molecular formula is C26H24N4O2. The van der Waals surface area contributed by atoms with Crippen LogP contribution in [-0.4, -0.2) is 39.9 Å². The predicted octanol–water partition coefficient (Wildman–Crippen LogP) is 4.77. The molecule has 2 fully saturated rings. The van der Waals surface area contributed by atoms with Crippen LogP contribution >= 0.6 is 0 Å². The number of carbonyl (C=O) groups is 1. The number of fused-ring (bicyclic) bond motifs is 2. The van der Waals surface area contributed by atoms with Gasteiger partial charge in [0.15, 0.2) is 5.58 Å². The number of hydrogen-bond donors (Lipinski definition) is 1. The highest BCUT2D eigenvalue weighted by atomic mass is 16.4. The van der Waals surface area contributed by atoms with Crippen molar-refractivity contribution in [3.8, 4) is 11.1 Å². The largest absolute Gasteiger partial charge is 0.424 e. The Kier molecular flexibility index (Phi) is 4.45. The van der Waals surface area contributed by atoms with E-state index >= 15 is 0 Å². The lowest BCUT2D eigenvalue weighted by Crippen LogP contribution is -2.42. The number of hydrogen-bond acceptors (Lipinski definition) is 5. The van der Waals surface area contributed by atoms with E-state index in [2.05, 4.69) is 15.3 Å². The number of piperidine rings is 1. The summed E-state index contributed by atoms with van der Waals surface area (Å²) in [5.74, 6) is 1.23. The van der Waals surface area contributed by atoms with E-state index in [1.165, 1.54) is 6.42 Å². The minimum atomic E-state index is 0.0871. The number of benzene rings is 2. The van der Waals surface area contributed by atoms with Gasteiger partial charge in [-0.2, -0.15) is 4.98 Å². The molecular weight excluding hydrogens is 400 g/mol. The van der Waals surface area contributed by atoms with Gasteiger partial charge >= 0.3 is 0 Å². The Morgan fingerprint density at radius 3 is 2.94 bits per heavy atom. The van der Waals surface area contributed by atoms with Gasteiger partial charge in [-0.3, -0.25) is 9.78 Å². The highest BCUT2D eigenvalue weighted by molar-refractivity contribution is 6.01. The number of likely N-dealkylation sites (tertiary alicyclic amines) is 1. The SMILES string of the molecule is Cc1ccc(-c2cccnc2)c(C(=O)N2CC3CC3C2CNc2nc3ccccc3o2)c1. The minimum absolute atomic E-state index is 0.0871. The van der Waals surface area contributed by atoms with Gasteiger partial charge in [-0.1, -0.05) is 35.9 Å². The molecule has 1 saturated carbocycles. The molecule has 2 aliphatic rings. The molecule has 6 nitrogen and oxygen atoms in total. The summed E-state index contributed by atoms with van der Waals surface area (Å²) in [6, 6.07) is 18.3.